The Kier molecular flexibility index (Phi) is 4.50. The number of halogens is 2. The van der Waals surface area contributed by atoms with Crippen LogP contribution in [0.3, 0.4) is 0 Å². The Balaban J connectivity index is 2.28. The maximum atomic E-state index is 13.8. The van der Waals surface area contributed by atoms with E-state index in [0.717, 1.165) is 16.4 Å². The number of hydrogen-bond acceptors (Lipinski definition) is 4. The van der Waals surface area contributed by atoms with Gasteiger partial charge in [0.15, 0.2) is 11.6 Å². The lowest BCUT2D eigenvalue weighted by molar-refractivity contribution is 0.0911. The van der Waals surface area contributed by atoms with Gasteiger partial charge in [-0.2, -0.15) is 4.31 Å². The molecule has 118 valence electrons. The predicted octanol–water partition coefficient (Wildman–Crippen LogP) is 1.33. The summed E-state index contributed by atoms with van der Waals surface area (Å²) in [5.41, 5.74) is 5.25. The molecule has 1 aliphatic rings. The molecule has 1 saturated heterocycles. The number of benzene rings is 1. The van der Waals surface area contributed by atoms with E-state index in [1.54, 1.807) is 6.92 Å². The first-order chi connectivity index (χ1) is 9.73. The van der Waals surface area contributed by atoms with Crippen molar-refractivity contribution in [2.75, 3.05) is 18.8 Å². The van der Waals surface area contributed by atoms with Crippen LogP contribution in [0.2, 0.25) is 0 Å². The molecular weight excluding hydrogens is 302 g/mol. The van der Waals surface area contributed by atoms with Crippen molar-refractivity contribution in [3.63, 3.8) is 0 Å². The van der Waals surface area contributed by atoms with Crippen molar-refractivity contribution < 1.29 is 22.3 Å². The lowest BCUT2D eigenvalue weighted by Gasteiger charge is -2.32. The number of sulfonamides is 1. The monoisotopic (exact) mass is 320 g/mol. The van der Waals surface area contributed by atoms with Gasteiger partial charge in [0.1, 0.15) is 4.90 Å². The van der Waals surface area contributed by atoms with Gasteiger partial charge in [0.2, 0.25) is 10.0 Å². The molecule has 1 unspecified atom stereocenters. The van der Waals surface area contributed by atoms with E-state index in [4.69, 9.17) is 5.73 Å². The maximum absolute atomic E-state index is 13.8. The van der Waals surface area contributed by atoms with Gasteiger partial charge in [-0.3, -0.25) is 0 Å². The highest BCUT2D eigenvalue weighted by atomic mass is 32.2. The van der Waals surface area contributed by atoms with Crippen LogP contribution in [-0.2, 0) is 10.0 Å². The van der Waals surface area contributed by atoms with Gasteiger partial charge < -0.3 is 10.8 Å². The molecule has 8 heteroatoms. The fourth-order valence-electron chi connectivity index (χ4n) is 2.51. The first kappa shape index (κ1) is 16.1. The highest BCUT2D eigenvalue weighted by Gasteiger charge is 2.33. The largest absolute Gasteiger partial charge is 0.399 e. The Bertz CT molecular complexity index is 627. The van der Waals surface area contributed by atoms with Gasteiger partial charge in [0.25, 0.3) is 0 Å². The molecule has 1 fully saturated rings. The maximum Gasteiger partial charge on any atom is 0.246 e. The molecule has 0 amide bonds. The van der Waals surface area contributed by atoms with Crippen LogP contribution < -0.4 is 5.73 Å². The second-order valence-corrected chi connectivity index (χ2v) is 7.20. The van der Waals surface area contributed by atoms with Crippen molar-refractivity contribution in [2.45, 2.75) is 30.8 Å². The van der Waals surface area contributed by atoms with Gasteiger partial charge in [-0.1, -0.05) is 0 Å². The third-order valence-corrected chi connectivity index (χ3v) is 5.71. The first-order valence-corrected chi connectivity index (χ1v) is 8.10. The second-order valence-electron chi connectivity index (χ2n) is 5.30. The Morgan fingerprint density at radius 1 is 1.33 bits per heavy atom. The average Bonchev–Trinajstić information content (AvgIpc) is 2.42. The van der Waals surface area contributed by atoms with E-state index in [9.17, 15) is 22.3 Å². The lowest BCUT2D eigenvalue weighted by atomic mass is 9.93. The van der Waals surface area contributed by atoms with Crippen LogP contribution in [0.5, 0.6) is 0 Å². The summed E-state index contributed by atoms with van der Waals surface area (Å²) in [7, 11) is -4.13. The normalized spacial score (nSPS) is 19.6. The first-order valence-electron chi connectivity index (χ1n) is 6.66. The second kappa shape index (κ2) is 5.86. The van der Waals surface area contributed by atoms with Crippen molar-refractivity contribution in [1.29, 1.82) is 0 Å². The number of nitrogens with zero attached hydrogens (tertiary/aromatic N) is 1. The molecule has 1 aromatic carbocycles. The van der Waals surface area contributed by atoms with E-state index in [0.29, 0.717) is 12.8 Å². The summed E-state index contributed by atoms with van der Waals surface area (Å²) in [6, 6.07) is 1.67. The summed E-state index contributed by atoms with van der Waals surface area (Å²) in [6.45, 7) is 1.98. The molecular formula is C13H18F2N2O3S. The van der Waals surface area contributed by atoms with E-state index in [-0.39, 0.29) is 24.7 Å². The molecule has 0 bridgehead atoms. The van der Waals surface area contributed by atoms with Gasteiger partial charge in [-0.05, 0) is 37.8 Å². The number of aliphatic hydroxyl groups excluding tert-OH is 1. The number of nitrogens with two attached hydrogens (primary N) is 1. The zero-order chi connectivity index (χ0) is 15.8. The van der Waals surface area contributed by atoms with Crippen molar-refractivity contribution in [3.05, 3.63) is 23.8 Å². The fourth-order valence-corrected chi connectivity index (χ4v) is 4.09. The van der Waals surface area contributed by atoms with Crippen molar-refractivity contribution in [1.82, 2.24) is 4.31 Å². The zero-order valence-corrected chi connectivity index (χ0v) is 12.4. The van der Waals surface area contributed by atoms with Crippen LogP contribution in [0.1, 0.15) is 19.8 Å². The summed E-state index contributed by atoms with van der Waals surface area (Å²) in [5, 5.41) is 9.51. The van der Waals surface area contributed by atoms with Crippen molar-refractivity contribution in [3.8, 4) is 0 Å². The zero-order valence-electron chi connectivity index (χ0n) is 11.6. The van der Waals surface area contributed by atoms with E-state index < -0.39 is 32.7 Å². The van der Waals surface area contributed by atoms with Gasteiger partial charge in [0, 0.05) is 18.8 Å². The van der Waals surface area contributed by atoms with Crippen LogP contribution in [0.25, 0.3) is 0 Å². The number of nitrogen functional groups attached to an aromatic ring is 1. The summed E-state index contributed by atoms with van der Waals surface area (Å²) >= 11 is 0. The van der Waals surface area contributed by atoms with Gasteiger partial charge in [0.05, 0.1) is 6.10 Å². The molecule has 0 saturated carbocycles. The number of rotatable bonds is 3. The van der Waals surface area contributed by atoms with Crippen molar-refractivity contribution in [2.24, 2.45) is 5.92 Å². The fraction of sp³-hybridized carbons (Fsp3) is 0.538. The molecule has 1 aliphatic heterocycles. The highest BCUT2D eigenvalue weighted by molar-refractivity contribution is 7.89. The van der Waals surface area contributed by atoms with Crippen LogP contribution in [0, 0.1) is 17.6 Å². The quantitative estimate of drug-likeness (QED) is 0.823. The van der Waals surface area contributed by atoms with Gasteiger partial charge >= 0.3 is 0 Å². The van der Waals surface area contributed by atoms with Crippen LogP contribution in [0.4, 0.5) is 14.5 Å². The molecule has 1 atom stereocenters. The summed E-state index contributed by atoms with van der Waals surface area (Å²) in [6.07, 6.45) is 0.434. The van der Waals surface area contributed by atoms with Gasteiger partial charge in [-0.25, -0.2) is 17.2 Å². The van der Waals surface area contributed by atoms with Crippen LogP contribution in [0.15, 0.2) is 17.0 Å². The minimum atomic E-state index is -4.13. The molecule has 1 aromatic rings. The smallest absolute Gasteiger partial charge is 0.246 e. The number of anilines is 1. The Morgan fingerprint density at radius 2 is 1.90 bits per heavy atom. The molecule has 0 aromatic heterocycles. The Morgan fingerprint density at radius 3 is 2.43 bits per heavy atom. The third kappa shape index (κ3) is 3.17. The molecule has 2 rings (SSSR count). The molecule has 0 spiro atoms. The molecule has 1 heterocycles. The Hall–Kier alpha value is -1.25. The van der Waals surface area contributed by atoms with Gasteiger partial charge in [-0.15, -0.1) is 0 Å². The average molecular weight is 320 g/mol. The molecule has 0 radical (unpaired) electrons. The molecule has 21 heavy (non-hydrogen) atoms. The minimum Gasteiger partial charge on any atom is -0.399 e. The molecule has 5 nitrogen and oxygen atoms in total. The van der Waals surface area contributed by atoms with E-state index in [1.165, 1.54) is 0 Å². The number of aliphatic hydroxyl groups is 1. The number of hydrogen-bond donors (Lipinski definition) is 2. The summed E-state index contributed by atoms with van der Waals surface area (Å²) in [4.78, 5) is -0.740. The van der Waals surface area contributed by atoms with Crippen LogP contribution >= 0.6 is 0 Å². The van der Waals surface area contributed by atoms with E-state index in [2.05, 4.69) is 0 Å². The minimum absolute atomic E-state index is 0.0128. The van der Waals surface area contributed by atoms with E-state index in [1.807, 2.05) is 0 Å². The predicted molar refractivity (Wildman–Crippen MR) is 73.9 cm³/mol. The molecule has 0 aliphatic carbocycles. The topological polar surface area (TPSA) is 83.6 Å². The highest BCUT2D eigenvalue weighted by Crippen LogP contribution is 2.28. The lowest BCUT2D eigenvalue weighted by Crippen LogP contribution is -2.41. The molecule has 3 N–H and O–H groups in total. The SMILES string of the molecule is CC(O)C1CCN(S(=O)(=O)c2cc(N)cc(F)c2F)CC1. The van der Waals surface area contributed by atoms with Crippen molar-refractivity contribution >= 4 is 15.7 Å². The standard InChI is InChI=1S/C13H18F2N2O3S/c1-8(18)9-2-4-17(5-3-9)21(19,20)12-7-10(16)6-11(14)13(12)15/h6-9,18H,2-5,16H2,1H3. The van der Waals surface area contributed by atoms with Crippen LogP contribution in [-0.4, -0.2) is 37.0 Å². The Labute approximate surface area is 122 Å². The summed E-state index contributed by atoms with van der Waals surface area (Å²) < 4.78 is 53.0. The summed E-state index contributed by atoms with van der Waals surface area (Å²) in [5.74, 6) is -2.69. The third-order valence-electron chi connectivity index (χ3n) is 3.82. The number of piperidine rings is 1. The van der Waals surface area contributed by atoms with E-state index >= 15 is 0 Å².